The summed E-state index contributed by atoms with van der Waals surface area (Å²) in [5.41, 5.74) is -1.54. The Hall–Kier alpha value is -5.40. The first-order chi connectivity index (χ1) is 28.7. The smallest absolute Gasteiger partial charge is 0.414 e. The highest BCUT2D eigenvalue weighted by atomic mass is 31.2. The molecule has 23 heteroatoms. The number of fused-ring (bicyclic) bond motifs is 1. The monoisotopic (exact) mass is 892 g/mol. The molecular formula is C38H40F2N4O15P2. The number of anilines is 3. The number of halogens is 2. The van der Waals surface area contributed by atoms with E-state index in [0.29, 0.717) is 5.52 Å². The Bertz CT molecular complexity index is 2510. The van der Waals surface area contributed by atoms with E-state index in [4.69, 9.17) is 14.2 Å². The van der Waals surface area contributed by atoms with E-state index < -0.39 is 79.5 Å². The average molecular weight is 893 g/mol. The molecule has 3 fully saturated rings. The van der Waals surface area contributed by atoms with Gasteiger partial charge in [0.25, 0.3) is 0 Å². The first kappa shape index (κ1) is 43.7. The van der Waals surface area contributed by atoms with E-state index in [2.05, 4.69) is 5.32 Å². The van der Waals surface area contributed by atoms with Gasteiger partial charge in [-0.3, -0.25) is 24.1 Å². The summed E-state index contributed by atoms with van der Waals surface area (Å²) in [6.07, 6.45) is -0.233. The van der Waals surface area contributed by atoms with Gasteiger partial charge in [-0.25, -0.2) is 23.2 Å². The molecule has 4 aromatic rings. The van der Waals surface area contributed by atoms with Crippen molar-refractivity contribution in [3.63, 3.8) is 0 Å². The second kappa shape index (κ2) is 16.8. The van der Waals surface area contributed by atoms with Crippen molar-refractivity contribution in [2.24, 2.45) is 0 Å². The molecule has 1 aliphatic carbocycles. The number of amides is 2. The van der Waals surface area contributed by atoms with Crippen molar-refractivity contribution in [1.82, 2.24) is 4.57 Å². The predicted octanol–water partition coefficient (Wildman–Crippen LogP) is 4.52. The van der Waals surface area contributed by atoms with Gasteiger partial charge in [0.15, 0.2) is 23.1 Å². The molecule has 7 rings (SSSR count). The normalized spacial score (nSPS) is 18.0. The lowest BCUT2D eigenvalue weighted by Gasteiger charge is -2.39. The van der Waals surface area contributed by atoms with Gasteiger partial charge in [-0.15, -0.1) is 0 Å². The SMILES string of the molecule is O=C(Nc1ccc(CC(P(=O)(O)O)P(=O)(O)O)cc1)OC[C@H]1CN(c2ccc(OCC3(O)CCN(c4cc5c(cc4F)c(=O)c(C(=O)O)cn5C4CC4)CC3)c(F)c2)C(=O)O1. The van der Waals surface area contributed by atoms with Crippen LogP contribution in [-0.2, 0) is 25.0 Å². The summed E-state index contributed by atoms with van der Waals surface area (Å²) >= 11 is 0. The summed E-state index contributed by atoms with van der Waals surface area (Å²) in [6, 6.07) is 11.5. The number of nitrogens with one attached hydrogen (secondary N) is 1. The molecule has 0 radical (unpaired) electrons. The number of cyclic esters (lactones) is 1. The molecule has 1 aromatic heterocycles. The molecule has 2 saturated heterocycles. The summed E-state index contributed by atoms with van der Waals surface area (Å²) in [5.74, 6) is -3.16. The maximum Gasteiger partial charge on any atom is 0.414 e. The molecule has 2 amide bonds. The van der Waals surface area contributed by atoms with Gasteiger partial charge in [-0.1, -0.05) is 12.1 Å². The Morgan fingerprint density at radius 2 is 1.62 bits per heavy atom. The van der Waals surface area contributed by atoms with Crippen LogP contribution in [0.3, 0.4) is 0 Å². The third kappa shape index (κ3) is 9.89. The molecule has 61 heavy (non-hydrogen) atoms. The number of ether oxygens (including phenoxy) is 3. The van der Waals surface area contributed by atoms with Crippen molar-refractivity contribution in [2.75, 3.05) is 48.0 Å². The number of hydrogen-bond donors (Lipinski definition) is 7. The lowest BCUT2D eigenvalue weighted by molar-refractivity contribution is -0.0250. The standard InChI is InChI=1S/C38H40F2N4O15P2/c39-28-15-26-30(43(23-5-6-23)18-27(34(26)45)35(46)47)16-31(28)42-11-9-38(50,10-12-42)20-58-32-8-7-24(14-29(32)40)44-17-25(59-37(44)49)19-57-36(48)41-22-3-1-21(2-4-22)13-33(60(51,52)53)61(54,55)56/h1-4,7-8,14-16,18,23,25,33,50H,5-6,9-13,17,19-20H2,(H,41,48)(H,46,47)(H2,51,52,53)(H2,54,55,56)/t25-/m1/s1. The van der Waals surface area contributed by atoms with Crippen molar-refractivity contribution in [2.45, 2.75) is 55.3 Å². The lowest BCUT2D eigenvalue weighted by Crippen LogP contribution is -2.48. The number of carboxylic acids is 1. The number of aromatic carboxylic acids is 1. The van der Waals surface area contributed by atoms with Crippen LogP contribution in [-0.4, -0.2) is 102 Å². The lowest BCUT2D eigenvalue weighted by atomic mass is 9.92. The number of carbonyl (C=O) groups excluding carboxylic acids is 2. The van der Waals surface area contributed by atoms with E-state index in [0.717, 1.165) is 29.9 Å². The van der Waals surface area contributed by atoms with E-state index in [1.807, 2.05) is 0 Å². The number of pyridine rings is 1. The molecule has 3 heterocycles. The Labute approximate surface area is 344 Å². The summed E-state index contributed by atoms with van der Waals surface area (Å²) in [4.78, 5) is 89.7. The highest BCUT2D eigenvalue weighted by Gasteiger charge is 2.43. The highest BCUT2D eigenvalue weighted by molar-refractivity contribution is 7.70. The molecule has 3 aliphatic rings. The zero-order chi connectivity index (χ0) is 44.0. The van der Waals surface area contributed by atoms with Crippen molar-refractivity contribution < 1.29 is 76.3 Å². The number of aromatic nitrogens is 1. The van der Waals surface area contributed by atoms with Crippen molar-refractivity contribution in [3.8, 4) is 5.75 Å². The third-order valence-electron chi connectivity index (χ3n) is 10.7. The fraction of sp³-hybridized carbons (Fsp3) is 0.368. The van der Waals surface area contributed by atoms with Gasteiger partial charge in [-0.05, 0) is 74.1 Å². The van der Waals surface area contributed by atoms with Crippen LogP contribution in [0, 0.1) is 11.6 Å². The van der Waals surface area contributed by atoms with E-state index in [9.17, 15) is 58.1 Å². The summed E-state index contributed by atoms with van der Waals surface area (Å²) in [5, 5.41) is 20.9. The number of nitrogens with zero attached hydrogens (tertiary/aromatic N) is 3. The second-order valence-electron chi connectivity index (χ2n) is 15.2. The molecule has 326 valence electrons. The van der Waals surface area contributed by atoms with Crippen molar-refractivity contribution >= 4 is 61.3 Å². The van der Waals surface area contributed by atoms with Crippen molar-refractivity contribution in [3.05, 3.63) is 93.8 Å². The number of rotatable bonds is 14. The van der Waals surface area contributed by atoms with Gasteiger partial charge >= 0.3 is 33.3 Å². The fourth-order valence-corrected chi connectivity index (χ4v) is 9.68. The minimum absolute atomic E-state index is 0.000948. The largest absolute Gasteiger partial charge is 0.488 e. The molecule has 0 bridgehead atoms. The van der Waals surface area contributed by atoms with Gasteiger partial charge in [-0.2, -0.15) is 0 Å². The number of piperidine rings is 1. The first-order valence-corrected chi connectivity index (χ1v) is 22.2. The molecule has 1 atom stereocenters. The maximum absolute atomic E-state index is 15.4. The van der Waals surface area contributed by atoms with Gasteiger partial charge in [0.05, 0.1) is 23.4 Å². The van der Waals surface area contributed by atoms with Crippen LogP contribution in [0.4, 0.5) is 35.4 Å². The summed E-state index contributed by atoms with van der Waals surface area (Å²) < 4.78 is 71.6. The molecular weight excluding hydrogens is 852 g/mol. The van der Waals surface area contributed by atoms with Crippen LogP contribution in [0.25, 0.3) is 10.9 Å². The number of carbonyl (C=O) groups is 3. The highest BCUT2D eigenvalue weighted by Crippen LogP contribution is 2.61. The molecule has 0 unspecified atom stereocenters. The second-order valence-corrected chi connectivity index (χ2v) is 19.2. The average Bonchev–Trinajstić information content (AvgIpc) is 3.96. The summed E-state index contributed by atoms with van der Waals surface area (Å²) in [7, 11) is -10.3. The Morgan fingerprint density at radius 1 is 0.951 bits per heavy atom. The number of hydrogen-bond acceptors (Lipinski definition) is 11. The third-order valence-corrected chi connectivity index (χ3v) is 14.4. The number of aliphatic hydroxyl groups is 1. The minimum atomic E-state index is -5.13. The van der Waals surface area contributed by atoms with Crippen molar-refractivity contribution in [1.29, 1.82) is 0 Å². The Kier molecular flexibility index (Phi) is 12.0. The molecule has 3 aromatic carbocycles. The Balaban J connectivity index is 0.895. The van der Waals surface area contributed by atoms with Crippen LogP contribution < -0.4 is 25.3 Å². The van der Waals surface area contributed by atoms with E-state index in [1.165, 1.54) is 48.7 Å². The minimum Gasteiger partial charge on any atom is -0.488 e. The Morgan fingerprint density at radius 3 is 2.23 bits per heavy atom. The van der Waals surface area contributed by atoms with Gasteiger partial charge in [0.2, 0.25) is 5.43 Å². The zero-order valence-electron chi connectivity index (χ0n) is 31.9. The summed E-state index contributed by atoms with van der Waals surface area (Å²) in [6.45, 7) is -0.426. The van der Waals surface area contributed by atoms with Crippen LogP contribution in [0.1, 0.15) is 47.6 Å². The van der Waals surface area contributed by atoms with Gasteiger partial charge in [0.1, 0.15) is 30.2 Å². The zero-order valence-corrected chi connectivity index (χ0v) is 33.7. The number of carboxylic acid groups (broad SMARTS) is 1. The molecule has 19 nitrogen and oxygen atoms in total. The van der Waals surface area contributed by atoms with E-state index in [1.54, 1.807) is 9.47 Å². The number of benzene rings is 3. The topological polar surface area (TPSA) is 275 Å². The fourth-order valence-electron chi connectivity index (χ4n) is 7.21. The molecule has 1 saturated carbocycles. The maximum atomic E-state index is 15.4. The van der Waals surface area contributed by atoms with Gasteiger partial charge < -0.3 is 53.5 Å². The van der Waals surface area contributed by atoms with Crippen LogP contribution >= 0.6 is 15.2 Å². The quantitative estimate of drug-likeness (QED) is 0.0857. The van der Waals surface area contributed by atoms with Crippen LogP contribution in [0.5, 0.6) is 5.75 Å². The molecule has 0 spiro atoms. The van der Waals surface area contributed by atoms with E-state index >= 15 is 8.78 Å². The van der Waals surface area contributed by atoms with E-state index in [-0.39, 0.29) is 85.5 Å². The predicted molar refractivity (Wildman–Crippen MR) is 212 cm³/mol. The van der Waals surface area contributed by atoms with Gasteiger partial charge in [0, 0.05) is 42.5 Å². The molecule has 2 aliphatic heterocycles. The van der Waals surface area contributed by atoms with Crippen LogP contribution in [0.15, 0.2) is 65.6 Å². The molecule has 7 N–H and O–H groups in total. The van der Waals surface area contributed by atoms with Crippen LogP contribution in [0.2, 0.25) is 0 Å². The first-order valence-electron chi connectivity index (χ1n) is 18.8.